The Morgan fingerprint density at radius 3 is 2.41 bits per heavy atom. The molecule has 2 aromatic carbocycles. The molecule has 0 unspecified atom stereocenters. The van der Waals surface area contributed by atoms with Crippen LogP contribution in [0.5, 0.6) is 0 Å². The van der Waals surface area contributed by atoms with Crippen molar-refractivity contribution in [3.63, 3.8) is 0 Å². The second kappa shape index (κ2) is 10.7. The standard InChI is InChI=1S/C27H27N5O3S2/c33-25(31-13-11-27(12-14-31)34-15-16-35-27)22-18-36-24(28-22)19-37-26-30-29-23(17-20-7-3-1-4-8-20)32(26)21-9-5-2-6-10-21/h1-10,18H,11-17,19H2. The highest BCUT2D eigenvalue weighted by Crippen LogP contribution is 2.32. The van der Waals surface area contributed by atoms with Crippen molar-refractivity contribution in [2.24, 2.45) is 0 Å². The average Bonchev–Trinajstić information content (AvgIpc) is 3.69. The summed E-state index contributed by atoms with van der Waals surface area (Å²) in [7, 11) is 0. The van der Waals surface area contributed by atoms with Gasteiger partial charge in [0.05, 0.1) is 19.0 Å². The summed E-state index contributed by atoms with van der Waals surface area (Å²) in [6, 6.07) is 20.4. The van der Waals surface area contributed by atoms with E-state index < -0.39 is 5.79 Å². The smallest absolute Gasteiger partial charge is 0.273 e. The van der Waals surface area contributed by atoms with Gasteiger partial charge in [-0.3, -0.25) is 9.36 Å². The zero-order valence-corrected chi connectivity index (χ0v) is 21.9. The SMILES string of the molecule is O=C(c1csc(CSc2nnc(Cc3ccccc3)n2-c2ccccc2)n1)N1CCC2(CC1)OCCO2. The molecule has 0 N–H and O–H groups in total. The molecule has 0 saturated carbocycles. The van der Waals surface area contributed by atoms with E-state index in [2.05, 4.69) is 44.0 Å². The molecular weight excluding hydrogens is 506 g/mol. The van der Waals surface area contributed by atoms with E-state index in [1.165, 1.54) is 16.9 Å². The summed E-state index contributed by atoms with van der Waals surface area (Å²) in [5.41, 5.74) is 2.70. The van der Waals surface area contributed by atoms with Crippen LogP contribution < -0.4 is 0 Å². The van der Waals surface area contributed by atoms with Crippen LogP contribution in [0.2, 0.25) is 0 Å². The largest absolute Gasteiger partial charge is 0.347 e. The van der Waals surface area contributed by atoms with E-state index in [4.69, 9.17) is 9.47 Å². The van der Waals surface area contributed by atoms with Crippen molar-refractivity contribution in [1.82, 2.24) is 24.6 Å². The molecular formula is C27H27N5O3S2. The Balaban J connectivity index is 1.14. The third kappa shape index (κ3) is 5.33. The molecule has 37 heavy (non-hydrogen) atoms. The monoisotopic (exact) mass is 533 g/mol. The predicted octanol–water partition coefficient (Wildman–Crippen LogP) is 4.59. The predicted molar refractivity (Wildman–Crippen MR) is 142 cm³/mol. The molecule has 10 heteroatoms. The van der Waals surface area contributed by atoms with Crippen molar-refractivity contribution >= 4 is 29.0 Å². The molecule has 0 bridgehead atoms. The van der Waals surface area contributed by atoms with Crippen LogP contribution in [0, 0.1) is 0 Å². The number of hydrogen-bond acceptors (Lipinski definition) is 8. The number of ether oxygens (including phenoxy) is 2. The molecule has 8 nitrogen and oxygen atoms in total. The Kier molecular flexibility index (Phi) is 7.06. The van der Waals surface area contributed by atoms with E-state index in [9.17, 15) is 4.79 Å². The van der Waals surface area contributed by atoms with Crippen LogP contribution in [0.25, 0.3) is 5.69 Å². The first kappa shape index (κ1) is 24.3. The average molecular weight is 534 g/mol. The lowest BCUT2D eigenvalue weighted by molar-refractivity contribution is -0.181. The van der Waals surface area contributed by atoms with Crippen molar-refractivity contribution in [1.29, 1.82) is 0 Å². The molecule has 2 aromatic heterocycles. The molecule has 2 aliphatic rings. The minimum absolute atomic E-state index is 0.0297. The summed E-state index contributed by atoms with van der Waals surface area (Å²) in [5, 5.41) is 12.6. The Bertz CT molecular complexity index is 1340. The molecule has 6 rings (SSSR count). The van der Waals surface area contributed by atoms with Crippen LogP contribution in [-0.4, -0.2) is 62.6 Å². The number of carbonyl (C=O) groups is 1. The highest BCUT2D eigenvalue weighted by molar-refractivity contribution is 7.98. The molecule has 2 fully saturated rings. The van der Waals surface area contributed by atoms with Gasteiger partial charge in [0.25, 0.3) is 5.91 Å². The number of rotatable bonds is 7. The lowest BCUT2D eigenvalue weighted by Crippen LogP contribution is -2.47. The summed E-state index contributed by atoms with van der Waals surface area (Å²) in [6.07, 6.45) is 2.09. The summed E-state index contributed by atoms with van der Waals surface area (Å²) < 4.78 is 13.7. The highest BCUT2D eigenvalue weighted by atomic mass is 32.2. The van der Waals surface area contributed by atoms with Crippen molar-refractivity contribution in [3.8, 4) is 5.69 Å². The number of amides is 1. The molecule has 4 aromatic rings. The van der Waals surface area contributed by atoms with Crippen LogP contribution in [0.15, 0.2) is 71.2 Å². The van der Waals surface area contributed by atoms with Crippen LogP contribution in [0.3, 0.4) is 0 Å². The van der Waals surface area contributed by atoms with Gasteiger partial charge < -0.3 is 14.4 Å². The van der Waals surface area contributed by atoms with Gasteiger partial charge in [-0.15, -0.1) is 21.5 Å². The number of likely N-dealkylation sites (tertiary alicyclic amines) is 1. The first-order valence-corrected chi connectivity index (χ1v) is 14.2. The minimum Gasteiger partial charge on any atom is -0.347 e. The Hall–Kier alpha value is -3.05. The van der Waals surface area contributed by atoms with Crippen molar-refractivity contribution in [2.45, 2.75) is 36.0 Å². The van der Waals surface area contributed by atoms with Gasteiger partial charge in [-0.1, -0.05) is 60.3 Å². The summed E-state index contributed by atoms with van der Waals surface area (Å²) in [5.74, 6) is 0.972. The fourth-order valence-corrected chi connectivity index (χ4v) is 6.48. The number of thiazole rings is 1. The van der Waals surface area contributed by atoms with E-state index in [0.29, 0.717) is 57.0 Å². The van der Waals surface area contributed by atoms with Crippen LogP contribution in [0.4, 0.5) is 0 Å². The number of thioether (sulfide) groups is 1. The minimum atomic E-state index is -0.491. The first-order chi connectivity index (χ1) is 18.2. The van der Waals surface area contributed by atoms with E-state index >= 15 is 0 Å². The number of piperidine rings is 1. The molecule has 2 saturated heterocycles. The fraction of sp³-hybridized carbons (Fsp3) is 0.333. The van der Waals surface area contributed by atoms with Gasteiger partial charge in [-0.25, -0.2) is 4.98 Å². The van der Waals surface area contributed by atoms with Gasteiger partial charge in [0.2, 0.25) is 0 Å². The molecule has 4 heterocycles. The zero-order chi connectivity index (χ0) is 25.1. The van der Waals surface area contributed by atoms with E-state index in [1.807, 2.05) is 46.7 Å². The van der Waals surface area contributed by atoms with Crippen molar-refractivity contribution in [3.05, 3.63) is 88.1 Å². The maximum atomic E-state index is 13.1. The summed E-state index contributed by atoms with van der Waals surface area (Å²) >= 11 is 3.08. The summed E-state index contributed by atoms with van der Waals surface area (Å²) in [4.78, 5) is 19.6. The Morgan fingerprint density at radius 2 is 1.68 bits per heavy atom. The number of nitrogens with zero attached hydrogens (tertiary/aromatic N) is 5. The van der Waals surface area contributed by atoms with Crippen molar-refractivity contribution in [2.75, 3.05) is 26.3 Å². The molecule has 1 amide bonds. The quantitative estimate of drug-likeness (QED) is 0.322. The molecule has 0 atom stereocenters. The Labute approximate surface area is 223 Å². The van der Waals surface area contributed by atoms with E-state index in [-0.39, 0.29) is 5.91 Å². The van der Waals surface area contributed by atoms with Crippen LogP contribution >= 0.6 is 23.1 Å². The van der Waals surface area contributed by atoms with Gasteiger partial charge in [-0.05, 0) is 17.7 Å². The topological polar surface area (TPSA) is 82.4 Å². The summed E-state index contributed by atoms with van der Waals surface area (Å²) in [6.45, 7) is 2.50. The van der Waals surface area contributed by atoms with Crippen molar-refractivity contribution < 1.29 is 14.3 Å². The normalized spacial score (nSPS) is 16.9. The van der Waals surface area contributed by atoms with Crippen LogP contribution in [0.1, 0.15) is 39.7 Å². The lowest BCUT2D eigenvalue weighted by Gasteiger charge is -2.37. The van der Waals surface area contributed by atoms with E-state index in [1.54, 1.807) is 11.8 Å². The van der Waals surface area contributed by atoms with E-state index in [0.717, 1.165) is 21.7 Å². The van der Waals surface area contributed by atoms with Gasteiger partial charge in [-0.2, -0.15) is 0 Å². The number of para-hydroxylation sites is 1. The molecule has 0 aliphatic carbocycles. The molecule has 190 valence electrons. The van der Waals surface area contributed by atoms with Gasteiger partial charge in [0.1, 0.15) is 16.5 Å². The second-order valence-electron chi connectivity index (χ2n) is 9.05. The Morgan fingerprint density at radius 1 is 0.973 bits per heavy atom. The number of benzene rings is 2. The van der Waals surface area contributed by atoms with Crippen LogP contribution in [-0.2, 0) is 21.6 Å². The third-order valence-electron chi connectivity index (χ3n) is 6.64. The second-order valence-corrected chi connectivity index (χ2v) is 10.9. The van der Waals surface area contributed by atoms with Gasteiger partial charge in [0.15, 0.2) is 10.9 Å². The first-order valence-electron chi connectivity index (χ1n) is 12.4. The zero-order valence-electron chi connectivity index (χ0n) is 20.3. The fourth-order valence-electron chi connectivity index (χ4n) is 4.72. The maximum absolute atomic E-state index is 13.1. The molecule has 0 radical (unpaired) electrons. The number of aromatic nitrogens is 4. The maximum Gasteiger partial charge on any atom is 0.273 e. The number of hydrogen-bond donors (Lipinski definition) is 0. The lowest BCUT2D eigenvalue weighted by atomic mass is 10.0. The molecule has 2 aliphatic heterocycles. The van der Waals surface area contributed by atoms with Gasteiger partial charge >= 0.3 is 0 Å². The highest BCUT2D eigenvalue weighted by Gasteiger charge is 2.41. The molecule has 1 spiro atoms. The number of carbonyl (C=O) groups excluding carboxylic acids is 1. The van der Waals surface area contributed by atoms with Gasteiger partial charge in [0, 0.05) is 43.4 Å². The third-order valence-corrected chi connectivity index (χ3v) is 8.61.